The van der Waals surface area contributed by atoms with Gasteiger partial charge in [-0.15, -0.1) is 0 Å². The van der Waals surface area contributed by atoms with Gasteiger partial charge in [0.2, 0.25) is 0 Å². The number of allylic oxidation sites excluding steroid dienone is 2. The van der Waals surface area contributed by atoms with Crippen LogP contribution in [0, 0.1) is 5.92 Å². The molecule has 0 bridgehead atoms. The Labute approximate surface area is 78.0 Å². The van der Waals surface area contributed by atoms with E-state index in [2.05, 4.69) is 13.2 Å². The summed E-state index contributed by atoms with van der Waals surface area (Å²) in [7, 11) is 0. The molecule has 0 aliphatic heterocycles. The zero-order valence-electron chi connectivity index (χ0n) is 5.15. The first kappa shape index (κ1) is 15.8. The smallest absolute Gasteiger partial charge is 1.00 e. The van der Waals surface area contributed by atoms with Crippen LogP contribution in [0.25, 0.3) is 0 Å². The Bertz CT molecular complexity index is 53.5. The van der Waals surface area contributed by atoms with E-state index in [4.69, 9.17) is 0 Å². The van der Waals surface area contributed by atoms with Gasteiger partial charge in [-0.05, 0) is 0 Å². The molecule has 0 aliphatic carbocycles. The van der Waals surface area contributed by atoms with Crippen molar-refractivity contribution < 1.29 is 17.0 Å². The summed E-state index contributed by atoms with van der Waals surface area (Å²) in [6.45, 7) is 9.00. The fourth-order valence-corrected chi connectivity index (χ4v) is 0.0833. The van der Waals surface area contributed by atoms with E-state index in [1.165, 1.54) is 0 Å². The zero-order chi connectivity index (χ0) is 4.99. The van der Waals surface area contributed by atoms with Gasteiger partial charge in [-0.2, -0.15) is 31.2 Å². The minimum absolute atomic E-state index is 0. The van der Waals surface area contributed by atoms with E-state index in [1.54, 1.807) is 12.2 Å². The van der Waals surface area contributed by atoms with Crippen LogP contribution in [0.15, 0.2) is 25.3 Å². The molecule has 0 amide bonds. The Morgan fingerprint density at radius 3 is 1.50 bits per heavy atom. The molecule has 8 heavy (non-hydrogen) atoms. The molecular weight excluding hydrogens is 176 g/mol. The van der Waals surface area contributed by atoms with E-state index in [-0.39, 0.29) is 40.0 Å². The fraction of sp³-hybridized carbons (Fsp3) is 0.167. The van der Waals surface area contributed by atoms with Gasteiger partial charge in [0.05, 0.1) is 0 Å². The van der Waals surface area contributed by atoms with Crippen molar-refractivity contribution in [3.63, 3.8) is 0 Å². The topological polar surface area (TPSA) is 0 Å². The summed E-state index contributed by atoms with van der Waals surface area (Å²) in [5.74, 6) is 1.12. The van der Waals surface area contributed by atoms with Crippen molar-refractivity contribution >= 4 is 23.1 Å². The summed E-state index contributed by atoms with van der Waals surface area (Å²) >= 11 is 0. The van der Waals surface area contributed by atoms with E-state index in [9.17, 15) is 0 Å². The molecule has 0 aromatic rings. The zero-order valence-corrected chi connectivity index (χ0v) is 8.15. The minimum Gasteiger partial charge on any atom is -1.00 e. The van der Waals surface area contributed by atoms with Gasteiger partial charge < -0.3 is 17.0 Å². The van der Waals surface area contributed by atoms with Crippen molar-refractivity contribution in [1.82, 2.24) is 0 Å². The average molecular weight is 185 g/mol. The van der Waals surface area contributed by atoms with Gasteiger partial charge in [0, 0.05) is 0 Å². The van der Waals surface area contributed by atoms with E-state index in [0.29, 0.717) is 0 Å². The second-order valence-corrected chi connectivity index (χ2v) is 1.15. The molecule has 0 aromatic carbocycles. The second kappa shape index (κ2) is 10.6. The van der Waals surface area contributed by atoms with Crippen LogP contribution in [0.3, 0.4) is 0 Å². The third-order valence-corrected chi connectivity index (χ3v) is 0.644. The molecule has 0 spiro atoms. The van der Waals surface area contributed by atoms with Crippen LogP contribution in [-0.4, -0.2) is 23.1 Å². The summed E-state index contributed by atoms with van der Waals surface area (Å²) in [6, 6.07) is 0. The molecule has 42 valence electrons. The number of hydrogen-bond donors (Lipinski definition) is 0. The van der Waals surface area contributed by atoms with Crippen LogP contribution in [0.1, 0.15) is 6.92 Å². The molecule has 0 radical (unpaired) electrons. The number of hydrogen-bond acceptors (Lipinski definition) is 0. The van der Waals surface area contributed by atoms with Gasteiger partial charge in [0.25, 0.3) is 0 Å². The van der Waals surface area contributed by atoms with Crippen LogP contribution in [0.4, 0.5) is 0 Å². The van der Waals surface area contributed by atoms with Gasteiger partial charge in [0.1, 0.15) is 0 Å². The molecule has 0 N–H and O–H groups in total. The van der Waals surface area contributed by atoms with Crippen LogP contribution < -0.4 is 17.0 Å². The fourth-order valence-electron chi connectivity index (χ4n) is 0.0833. The molecule has 2 heteroatoms. The second-order valence-electron chi connectivity index (χ2n) is 1.15. The molecular formula is C6H9BrMg. The molecule has 0 nitrogen and oxygen atoms in total. The molecule has 0 saturated heterocycles. The number of halogens is 1. The Morgan fingerprint density at radius 1 is 1.25 bits per heavy atom. The summed E-state index contributed by atoms with van der Waals surface area (Å²) in [5, 5.41) is 0. The standard InChI is InChI=1S/C6H9.BrH.Mg/c1-4-6(3)5-2;;/h4-5H,1-2H2,3H3;1H;/q-1;;+2/p-1. The van der Waals surface area contributed by atoms with E-state index < -0.39 is 0 Å². The maximum Gasteiger partial charge on any atom is 2.00 e. The van der Waals surface area contributed by atoms with E-state index in [1.807, 2.05) is 6.92 Å². The molecule has 0 saturated carbocycles. The SMILES string of the molecule is C=C[C-](C)C=C.[Br-].[Mg+2]. The minimum atomic E-state index is 0. The quantitative estimate of drug-likeness (QED) is 0.366. The van der Waals surface area contributed by atoms with Crippen molar-refractivity contribution in [1.29, 1.82) is 0 Å². The van der Waals surface area contributed by atoms with Crippen molar-refractivity contribution in [3.05, 3.63) is 31.2 Å². The Kier molecular flexibility index (Phi) is 20.9. The molecule has 0 aliphatic rings. The normalized spacial score (nSPS) is 5.12. The summed E-state index contributed by atoms with van der Waals surface area (Å²) in [6.07, 6.45) is 3.54. The van der Waals surface area contributed by atoms with Crippen LogP contribution in [-0.2, 0) is 0 Å². The first-order valence-electron chi connectivity index (χ1n) is 1.89. The van der Waals surface area contributed by atoms with Crippen LogP contribution in [0.2, 0.25) is 0 Å². The first-order chi connectivity index (χ1) is 2.81. The summed E-state index contributed by atoms with van der Waals surface area (Å²) < 4.78 is 0. The molecule has 0 heterocycles. The third-order valence-electron chi connectivity index (χ3n) is 0.644. The first-order valence-corrected chi connectivity index (χ1v) is 1.89. The third kappa shape index (κ3) is 9.78. The molecule has 0 unspecified atom stereocenters. The van der Waals surface area contributed by atoms with Gasteiger partial charge in [-0.25, -0.2) is 0 Å². The molecule has 0 rings (SSSR count). The van der Waals surface area contributed by atoms with E-state index >= 15 is 0 Å². The van der Waals surface area contributed by atoms with Crippen molar-refractivity contribution in [2.24, 2.45) is 0 Å². The van der Waals surface area contributed by atoms with Gasteiger partial charge in [0.15, 0.2) is 0 Å². The Hall–Kier alpha value is 0.596. The maximum absolute atomic E-state index is 3.52. The average Bonchev–Trinajstić information content (AvgIpc) is 1.65. The van der Waals surface area contributed by atoms with Gasteiger partial charge >= 0.3 is 23.1 Å². The van der Waals surface area contributed by atoms with Crippen LogP contribution in [0.5, 0.6) is 0 Å². The van der Waals surface area contributed by atoms with Crippen LogP contribution >= 0.6 is 0 Å². The molecule has 0 aromatic heterocycles. The van der Waals surface area contributed by atoms with Gasteiger partial charge in [-0.3, -0.25) is 0 Å². The van der Waals surface area contributed by atoms with Crippen molar-refractivity contribution in [2.45, 2.75) is 6.92 Å². The van der Waals surface area contributed by atoms with Crippen molar-refractivity contribution in [3.8, 4) is 0 Å². The Morgan fingerprint density at radius 2 is 1.50 bits per heavy atom. The monoisotopic (exact) mass is 184 g/mol. The Balaban J connectivity index is -0.000000125. The predicted molar refractivity (Wildman–Crippen MR) is 35.1 cm³/mol. The molecule has 0 atom stereocenters. The molecule has 0 fully saturated rings. The van der Waals surface area contributed by atoms with Gasteiger partial charge in [-0.1, -0.05) is 6.92 Å². The maximum atomic E-state index is 3.52. The number of rotatable bonds is 2. The predicted octanol–water partition coefficient (Wildman–Crippen LogP) is -1.42. The largest absolute Gasteiger partial charge is 2.00 e. The van der Waals surface area contributed by atoms with E-state index in [0.717, 1.165) is 5.92 Å². The van der Waals surface area contributed by atoms with Crippen molar-refractivity contribution in [2.75, 3.05) is 0 Å². The summed E-state index contributed by atoms with van der Waals surface area (Å²) in [5.41, 5.74) is 0. The summed E-state index contributed by atoms with van der Waals surface area (Å²) in [4.78, 5) is 0.